The molecular weight excluding hydrogens is 703 g/mol. The number of para-hydroxylation sites is 1. The summed E-state index contributed by atoms with van der Waals surface area (Å²) in [6, 6.07) is 26.8. The van der Waals surface area contributed by atoms with Gasteiger partial charge < -0.3 is 34.0 Å². The lowest BCUT2D eigenvalue weighted by atomic mass is 10.1. The maximum Gasteiger partial charge on any atom is 0.344 e. The summed E-state index contributed by atoms with van der Waals surface area (Å²) < 4.78 is 21.6. The molecule has 0 unspecified atom stereocenters. The van der Waals surface area contributed by atoms with Crippen LogP contribution < -0.4 is 23.8 Å². The van der Waals surface area contributed by atoms with Crippen molar-refractivity contribution < 1.29 is 53.3 Å². The number of carbonyl (C=O) groups excluding carboxylic acids is 1. The predicted octanol–water partition coefficient (Wildman–Crippen LogP) is 8.21. The Labute approximate surface area is 301 Å². The molecule has 0 saturated carbocycles. The molecule has 11 nitrogen and oxygen atoms in total. The first-order valence-corrected chi connectivity index (χ1v) is 15.7. The average Bonchev–Trinajstić information content (AvgIpc) is 3.12. The number of aromatic carboxylic acids is 2. The van der Waals surface area contributed by atoms with Crippen LogP contribution in [0.2, 0.25) is 10.0 Å². The van der Waals surface area contributed by atoms with E-state index in [2.05, 4.69) is 0 Å². The summed E-state index contributed by atoms with van der Waals surface area (Å²) in [5.41, 5.74) is 0.927. The predicted molar refractivity (Wildman–Crippen MR) is 186 cm³/mol. The second-order valence-electron chi connectivity index (χ2n) is 10.4. The van der Waals surface area contributed by atoms with Gasteiger partial charge in [-0.05, 0) is 83.9 Å². The van der Waals surface area contributed by atoms with Crippen molar-refractivity contribution in [3.63, 3.8) is 0 Å². The van der Waals surface area contributed by atoms with Crippen molar-refractivity contribution in [1.29, 1.82) is 0 Å². The Balaban J connectivity index is 1.20. The van der Waals surface area contributed by atoms with E-state index in [4.69, 9.17) is 58.3 Å². The first-order chi connectivity index (χ1) is 24.6. The van der Waals surface area contributed by atoms with Crippen LogP contribution >= 0.6 is 23.2 Å². The molecule has 0 spiro atoms. The molecule has 51 heavy (non-hydrogen) atoms. The van der Waals surface area contributed by atoms with Crippen molar-refractivity contribution in [2.24, 2.45) is 0 Å². The molecule has 0 aromatic heterocycles. The third-order valence-corrected chi connectivity index (χ3v) is 7.64. The molecule has 0 aliphatic heterocycles. The Hall–Kier alpha value is -6.19. The van der Waals surface area contributed by atoms with E-state index in [0.717, 1.165) is 6.07 Å². The molecule has 0 fully saturated rings. The minimum atomic E-state index is -1.35. The lowest BCUT2D eigenvalue weighted by Gasteiger charge is -2.13. The van der Waals surface area contributed by atoms with Gasteiger partial charge in [0.2, 0.25) is 0 Å². The largest absolute Gasteiger partial charge is 0.490 e. The van der Waals surface area contributed by atoms with E-state index in [1.807, 2.05) is 36.4 Å². The Kier molecular flexibility index (Phi) is 12.0. The number of halogens is 2. The van der Waals surface area contributed by atoms with Crippen molar-refractivity contribution in [3.05, 3.63) is 135 Å². The lowest BCUT2D eigenvalue weighted by Crippen LogP contribution is -2.14. The molecule has 258 valence electrons. The van der Waals surface area contributed by atoms with Gasteiger partial charge >= 0.3 is 17.9 Å². The highest BCUT2D eigenvalue weighted by atomic mass is 35.5. The number of carbonyl (C=O) groups is 3. The van der Waals surface area contributed by atoms with E-state index in [1.54, 1.807) is 36.4 Å². The summed E-state index contributed by atoms with van der Waals surface area (Å²) in [5, 5.41) is 19.4. The topological polar surface area (TPSA) is 147 Å². The van der Waals surface area contributed by atoms with Crippen molar-refractivity contribution in [3.8, 4) is 52.4 Å². The molecule has 0 radical (unpaired) electrons. The summed E-state index contributed by atoms with van der Waals surface area (Å²) in [7, 11) is 0. The quantitative estimate of drug-likeness (QED) is 0.0268. The monoisotopic (exact) mass is 728 g/mol. The van der Waals surface area contributed by atoms with Crippen LogP contribution in [0.5, 0.6) is 28.7 Å². The van der Waals surface area contributed by atoms with E-state index in [9.17, 15) is 24.6 Å². The molecule has 0 aliphatic rings. The minimum Gasteiger partial charge on any atom is -0.490 e. The number of carboxylic acid groups (broad SMARTS) is 2. The van der Waals surface area contributed by atoms with Crippen LogP contribution in [-0.2, 0) is 11.5 Å². The van der Waals surface area contributed by atoms with Crippen molar-refractivity contribution in [2.45, 2.75) is 6.61 Å². The van der Waals surface area contributed by atoms with Crippen LogP contribution in [0.4, 0.5) is 0 Å². The van der Waals surface area contributed by atoms with Gasteiger partial charge in [-0.2, -0.15) is 4.89 Å². The SMILES string of the molecule is C#COc1ccc(C(=O)O)c(C(=O)Oc2ccc(-c3ccc(OOCc4cc(OCCOc5ccccc5)ccc4C(=O)O)c(Cl)c3)cc2Cl)c1. The smallest absolute Gasteiger partial charge is 0.344 e. The zero-order valence-electron chi connectivity index (χ0n) is 26.3. The molecule has 0 bridgehead atoms. The molecule has 5 aromatic carbocycles. The van der Waals surface area contributed by atoms with Gasteiger partial charge in [0.05, 0.1) is 26.7 Å². The van der Waals surface area contributed by atoms with Gasteiger partial charge in [-0.1, -0.05) is 60.0 Å². The molecule has 5 aromatic rings. The highest BCUT2D eigenvalue weighted by Gasteiger charge is 2.21. The second kappa shape index (κ2) is 17.0. The normalized spacial score (nSPS) is 10.5. The number of esters is 1. The van der Waals surface area contributed by atoms with Crippen LogP contribution in [-0.4, -0.2) is 41.3 Å². The van der Waals surface area contributed by atoms with Gasteiger partial charge in [0.1, 0.15) is 48.9 Å². The van der Waals surface area contributed by atoms with Crippen LogP contribution in [0.3, 0.4) is 0 Å². The van der Waals surface area contributed by atoms with E-state index in [-0.39, 0.29) is 63.8 Å². The summed E-state index contributed by atoms with van der Waals surface area (Å²) in [4.78, 5) is 47.1. The fraction of sp³-hybridized carbons (Fsp3) is 0.0789. The molecule has 0 amide bonds. The Morgan fingerprint density at radius 1 is 0.647 bits per heavy atom. The molecule has 0 saturated heterocycles. The molecule has 0 heterocycles. The summed E-state index contributed by atoms with van der Waals surface area (Å²) in [6.07, 6.45) is 7.08. The second-order valence-corrected chi connectivity index (χ2v) is 11.2. The number of hydrogen-bond donors (Lipinski definition) is 2. The number of hydrogen-bond acceptors (Lipinski definition) is 9. The molecule has 5 rings (SSSR count). The average molecular weight is 730 g/mol. The number of benzene rings is 5. The summed E-state index contributed by atoms with van der Waals surface area (Å²) in [5.74, 6) is -2.15. The first kappa shape index (κ1) is 36.1. The molecule has 13 heteroatoms. The van der Waals surface area contributed by atoms with Gasteiger partial charge in [0.25, 0.3) is 0 Å². The lowest BCUT2D eigenvalue weighted by molar-refractivity contribution is -0.217. The fourth-order valence-corrected chi connectivity index (χ4v) is 5.09. The van der Waals surface area contributed by atoms with Gasteiger partial charge in [-0.25, -0.2) is 14.4 Å². The van der Waals surface area contributed by atoms with E-state index in [0.29, 0.717) is 28.2 Å². The third kappa shape index (κ3) is 9.49. The standard InChI is InChI=1S/C38H26Cl2O11/c1-2-46-28-11-13-30(37(43)44)31(21-28)38(45)50-34-14-8-23(19-32(34)39)24-9-15-35(33(40)20-24)51-49-22-25-18-27(10-12-29(25)36(41)42)48-17-16-47-26-6-4-3-5-7-26/h1,3-15,18-21H,16-17,22H2,(H,41,42)(H,43,44). The van der Waals surface area contributed by atoms with E-state index < -0.39 is 17.9 Å². The highest BCUT2D eigenvalue weighted by molar-refractivity contribution is 6.33. The maximum atomic E-state index is 12.9. The van der Waals surface area contributed by atoms with Gasteiger partial charge in [0, 0.05) is 5.56 Å². The summed E-state index contributed by atoms with van der Waals surface area (Å²) in [6.45, 7) is 0.278. The van der Waals surface area contributed by atoms with Crippen LogP contribution in [0.1, 0.15) is 36.6 Å². The first-order valence-electron chi connectivity index (χ1n) is 14.9. The Bertz CT molecular complexity index is 2110. The highest BCUT2D eigenvalue weighted by Crippen LogP contribution is 2.35. The Morgan fingerprint density at radius 2 is 1.25 bits per heavy atom. The van der Waals surface area contributed by atoms with Crippen molar-refractivity contribution in [2.75, 3.05) is 13.2 Å². The van der Waals surface area contributed by atoms with Crippen LogP contribution in [0, 0.1) is 12.5 Å². The Morgan fingerprint density at radius 3 is 1.88 bits per heavy atom. The van der Waals surface area contributed by atoms with Crippen molar-refractivity contribution >= 4 is 41.1 Å². The number of terminal acetylenes is 1. The van der Waals surface area contributed by atoms with Gasteiger partial charge in [0.15, 0.2) is 5.75 Å². The summed E-state index contributed by atoms with van der Waals surface area (Å²) >= 11 is 12.9. The molecule has 0 aliphatic carbocycles. The van der Waals surface area contributed by atoms with Gasteiger partial charge in [-0.15, -0.1) is 0 Å². The van der Waals surface area contributed by atoms with E-state index in [1.165, 1.54) is 30.3 Å². The maximum absolute atomic E-state index is 12.9. The van der Waals surface area contributed by atoms with Crippen molar-refractivity contribution in [1.82, 2.24) is 0 Å². The zero-order valence-corrected chi connectivity index (χ0v) is 27.9. The molecular formula is C38H26Cl2O11. The van der Waals surface area contributed by atoms with E-state index >= 15 is 0 Å². The third-order valence-electron chi connectivity index (χ3n) is 7.05. The van der Waals surface area contributed by atoms with Crippen LogP contribution in [0.25, 0.3) is 11.1 Å². The van der Waals surface area contributed by atoms with Crippen LogP contribution in [0.15, 0.2) is 103 Å². The molecule has 2 N–H and O–H groups in total. The number of ether oxygens (including phenoxy) is 4. The minimum absolute atomic E-state index is 0.00712. The number of rotatable bonds is 15. The number of carboxylic acids is 2. The molecule has 0 atom stereocenters. The fourth-order valence-electron chi connectivity index (χ4n) is 4.66. The zero-order chi connectivity index (χ0) is 36.3. The van der Waals surface area contributed by atoms with Gasteiger partial charge in [-0.3, -0.25) is 0 Å².